The molecule has 0 atom stereocenters. The maximum Gasteiger partial charge on any atom is 0.316 e. The van der Waals surface area contributed by atoms with Gasteiger partial charge in [0.05, 0.1) is 6.04 Å². The molecule has 2 heterocycles. The topological polar surface area (TPSA) is 80.9 Å². The van der Waals surface area contributed by atoms with Gasteiger partial charge in [-0.2, -0.15) is 4.98 Å². The molecule has 0 aliphatic rings. The summed E-state index contributed by atoms with van der Waals surface area (Å²) in [6.45, 7) is 0. The Morgan fingerprint density at radius 3 is 2.07 bits per heavy atom. The van der Waals surface area contributed by atoms with Gasteiger partial charge in [-0.15, -0.1) is 0 Å². The molecular formula is C21H16N4O2. The van der Waals surface area contributed by atoms with E-state index in [0.717, 1.165) is 11.1 Å². The molecule has 0 aliphatic carbocycles. The van der Waals surface area contributed by atoms with E-state index in [1.165, 1.54) is 0 Å². The summed E-state index contributed by atoms with van der Waals surface area (Å²) >= 11 is 0. The Kier molecular flexibility index (Phi) is 4.70. The zero-order chi connectivity index (χ0) is 18.5. The Morgan fingerprint density at radius 2 is 1.48 bits per heavy atom. The maximum absolute atomic E-state index is 12.7. The highest BCUT2D eigenvalue weighted by atomic mass is 16.5. The summed E-state index contributed by atoms with van der Waals surface area (Å²) in [4.78, 5) is 21.0. The molecule has 0 saturated heterocycles. The fourth-order valence-electron chi connectivity index (χ4n) is 2.76. The van der Waals surface area contributed by atoms with Crippen LogP contribution in [0.25, 0.3) is 11.5 Å². The van der Waals surface area contributed by atoms with Crippen LogP contribution in [-0.2, 0) is 0 Å². The van der Waals surface area contributed by atoms with Gasteiger partial charge in [0.2, 0.25) is 5.82 Å². The van der Waals surface area contributed by atoms with Gasteiger partial charge in [0, 0.05) is 6.20 Å². The first kappa shape index (κ1) is 16.7. The minimum absolute atomic E-state index is 0.104. The molecule has 1 N–H and O–H groups in total. The van der Waals surface area contributed by atoms with E-state index < -0.39 is 5.91 Å². The quantitative estimate of drug-likeness (QED) is 0.590. The molecule has 0 radical (unpaired) electrons. The fraction of sp³-hybridized carbons (Fsp3) is 0.0476. The molecule has 4 rings (SSSR count). The third kappa shape index (κ3) is 3.74. The number of carbonyl (C=O) groups excluding carboxylic acids is 1. The second-order valence-electron chi connectivity index (χ2n) is 5.87. The molecular weight excluding hydrogens is 340 g/mol. The highest BCUT2D eigenvalue weighted by molar-refractivity contribution is 5.90. The second kappa shape index (κ2) is 7.61. The van der Waals surface area contributed by atoms with Gasteiger partial charge in [0.25, 0.3) is 0 Å². The monoisotopic (exact) mass is 356 g/mol. The van der Waals surface area contributed by atoms with E-state index in [1.54, 1.807) is 18.3 Å². The normalized spacial score (nSPS) is 10.7. The standard InChI is InChI=1S/C21H16N4O2/c26-20(21-24-19(25-27-21)17-13-7-8-14-22-17)23-18(15-9-3-1-4-10-15)16-11-5-2-6-12-16/h1-14,18H,(H,23,26). The number of hydrogen-bond acceptors (Lipinski definition) is 5. The maximum atomic E-state index is 12.7. The number of amides is 1. The van der Waals surface area contributed by atoms with Crippen molar-refractivity contribution in [3.05, 3.63) is 102 Å². The van der Waals surface area contributed by atoms with Crippen LogP contribution in [0.1, 0.15) is 27.9 Å². The number of pyridine rings is 1. The Balaban J connectivity index is 1.60. The van der Waals surface area contributed by atoms with Gasteiger partial charge in [0.15, 0.2) is 0 Å². The zero-order valence-electron chi connectivity index (χ0n) is 14.3. The summed E-state index contributed by atoms with van der Waals surface area (Å²) < 4.78 is 5.14. The van der Waals surface area contributed by atoms with E-state index in [-0.39, 0.29) is 17.8 Å². The van der Waals surface area contributed by atoms with Crippen LogP contribution in [0, 0.1) is 0 Å². The zero-order valence-corrected chi connectivity index (χ0v) is 14.3. The minimum Gasteiger partial charge on any atom is -0.337 e. The highest BCUT2D eigenvalue weighted by Gasteiger charge is 2.22. The van der Waals surface area contributed by atoms with E-state index >= 15 is 0 Å². The van der Waals surface area contributed by atoms with Gasteiger partial charge >= 0.3 is 11.8 Å². The fourth-order valence-corrected chi connectivity index (χ4v) is 2.76. The molecule has 132 valence electrons. The predicted octanol–water partition coefficient (Wildman–Crippen LogP) is 3.65. The van der Waals surface area contributed by atoms with Crippen molar-refractivity contribution < 1.29 is 9.32 Å². The van der Waals surface area contributed by atoms with Crippen molar-refractivity contribution in [1.82, 2.24) is 20.4 Å². The molecule has 27 heavy (non-hydrogen) atoms. The largest absolute Gasteiger partial charge is 0.337 e. The molecule has 0 spiro atoms. The SMILES string of the molecule is O=C(NC(c1ccccc1)c1ccccc1)c1nc(-c2ccccn2)no1. The summed E-state index contributed by atoms with van der Waals surface area (Å²) in [7, 11) is 0. The average Bonchev–Trinajstić information content (AvgIpc) is 3.24. The van der Waals surface area contributed by atoms with Crippen LogP contribution >= 0.6 is 0 Å². The minimum atomic E-state index is -0.442. The molecule has 0 bridgehead atoms. The summed E-state index contributed by atoms with van der Waals surface area (Å²) in [6.07, 6.45) is 1.63. The van der Waals surface area contributed by atoms with Crippen molar-refractivity contribution >= 4 is 5.91 Å². The lowest BCUT2D eigenvalue weighted by Crippen LogP contribution is -2.29. The lowest BCUT2D eigenvalue weighted by molar-refractivity contribution is 0.0899. The number of hydrogen-bond donors (Lipinski definition) is 1. The lowest BCUT2D eigenvalue weighted by atomic mass is 9.99. The van der Waals surface area contributed by atoms with Crippen LogP contribution in [0.5, 0.6) is 0 Å². The number of aromatic nitrogens is 3. The Labute approximate surface area is 155 Å². The molecule has 0 aliphatic heterocycles. The Hall–Kier alpha value is -3.80. The Morgan fingerprint density at radius 1 is 0.852 bits per heavy atom. The third-order valence-corrected chi connectivity index (χ3v) is 4.06. The number of nitrogens with one attached hydrogen (secondary N) is 1. The van der Waals surface area contributed by atoms with E-state index in [2.05, 4.69) is 20.4 Å². The molecule has 6 nitrogen and oxygen atoms in total. The first-order valence-corrected chi connectivity index (χ1v) is 8.47. The van der Waals surface area contributed by atoms with E-state index in [9.17, 15) is 4.79 Å². The molecule has 0 saturated carbocycles. The van der Waals surface area contributed by atoms with Gasteiger partial charge in [0.1, 0.15) is 5.69 Å². The first-order valence-electron chi connectivity index (χ1n) is 8.47. The second-order valence-corrected chi connectivity index (χ2v) is 5.87. The molecule has 1 amide bonds. The number of rotatable bonds is 5. The summed E-state index contributed by atoms with van der Waals surface area (Å²) in [6, 6.07) is 24.5. The molecule has 2 aromatic heterocycles. The molecule has 0 fully saturated rings. The van der Waals surface area contributed by atoms with Crippen LogP contribution < -0.4 is 5.32 Å². The number of nitrogens with zero attached hydrogens (tertiary/aromatic N) is 3. The van der Waals surface area contributed by atoms with Gasteiger partial charge < -0.3 is 9.84 Å². The van der Waals surface area contributed by atoms with Gasteiger partial charge in [-0.05, 0) is 23.3 Å². The van der Waals surface area contributed by atoms with E-state index in [0.29, 0.717) is 5.69 Å². The lowest BCUT2D eigenvalue weighted by Gasteiger charge is -2.18. The average molecular weight is 356 g/mol. The van der Waals surface area contributed by atoms with Crippen molar-refractivity contribution in [1.29, 1.82) is 0 Å². The molecule has 0 unspecified atom stereocenters. The van der Waals surface area contributed by atoms with E-state index in [4.69, 9.17) is 4.52 Å². The summed E-state index contributed by atoms with van der Waals surface area (Å²) in [5.41, 5.74) is 2.46. The highest BCUT2D eigenvalue weighted by Crippen LogP contribution is 2.22. The number of benzene rings is 2. The van der Waals surface area contributed by atoms with Crippen molar-refractivity contribution in [2.24, 2.45) is 0 Å². The molecule has 2 aromatic carbocycles. The summed E-state index contributed by atoms with van der Waals surface area (Å²) in [5.74, 6) is -0.272. The van der Waals surface area contributed by atoms with Crippen LogP contribution in [0.4, 0.5) is 0 Å². The van der Waals surface area contributed by atoms with E-state index in [1.807, 2.05) is 66.7 Å². The Bertz CT molecular complexity index is 978. The van der Waals surface area contributed by atoms with Gasteiger partial charge in [-0.3, -0.25) is 9.78 Å². The summed E-state index contributed by atoms with van der Waals surface area (Å²) in [5, 5.41) is 6.83. The smallest absolute Gasteiger partial charge is 0.316 e. The van der Waals surface area contributed by atoms with Crippen LogP contribution in [0.3, 0.4) is 0 Å². The van der Waals surface area contributed by atoms with Crippen molar-refractivity contribution in [3.63, 3.8) is 0 Å². The molecule has 6 heteroatoms. The van der Waals surface area contributed by atoms with Crippen LogP contribution in [0.15, 0.2) is 89.6 Å². The number of carbonyl (C=O) groups is 1. The van der Waals surface area contributed by atoms with Gasteiger partial charge in [-0.25, -0.2) is 0 Å². The van der Waals surface area contributed by atoms with Crippen molar-refractivity contribution in [2.45, 2.75) is 6.04 Å². The predicted molar refractivity (Wildman–Crippen MR) is 99.7 cm³/mol. The molecule has 4 aromatic rings. The van der Waals surface area contributed by atoms with Gasteiger partial charge in [-0.1, -0.05) is 71.9 Å². The van der Waals surface area contributed by atoms with Crippen LogP contribution in [-0.4, -0.2) is 21.0 Å². The van der Waals surface area contributed by atoms with Crippen LogP contribution in [0.2, 0.25) is 0 Å². The first-order chi connectivity index (χ1) is 13.3. The van der Waals surface area contributed by atoms with Crippen molar-refractivity contribution in [2.75, 3.05) is 0 Å². The third-order valence-electron chi connectivity index (χ3n) is 4.06. The van der Waals surface area contributed by atoms with Crippen molar-refractivity contribution in [3.8, 4) is 11.5 Å².